The number of sulfonamides is 1. The lowest BCUT2D eigenvalue weighted by Gasteiger charge is -2.39. The summed E-state index contributed by atoms with van der Waals surface area (Å²) in [6, 6.07) is 4.59. The van der Waals surface area contributed by atoms with Gasteiger partial charge in [0, 0.05) is 12.6 Å². The molecule has 1 atom stereocenters. The number of alkyl halides is 3. The van der Waals surface area contributed by atoms with Crippen LogP contribution in [0.15, 0.2) is 29.2 Å². The number of hydrogen-bond acceptors (Lipinski definition) is 4. The summed E-state index contributed by atoms with van der Waals surface area (Å²) in [4.78, 5) is -0.532. The van der Waals surface area contributed by atoms with Crippen LogP contribution in [0.4, 0.5) is 13.2 Å². The van der Waals surface area contributed by atoms with Crippen molar-refractivity contribution in [2.75, 3.05) is 13.1 Å². The van der Waals surface area contributed by atoms with Crippen molar-refractivity contribution in [2.24, 2.45) is 5.41 Å². The molecule has 0 aromatic heterocycles. The lowest BCUT2D eigenvalue weighted by atomic mass is 9.78. The Balaban J connectivity index is 2.16. The van der Waals surface area contributed by atoms with Gasteiger partial charge in [0.05, 0.1) is 0 Å². The molecular formula is C15H21F3N2O3S. The monoisotopic (exact) mass is 366 g/mol. The molecule has 2 N–H and O–H groups in total. The Morgan fingerprint density at radius 2 is 2.00 bits per heavy atom. The molecule has 0 spiro atoms. The summed E-state index contributed by atoms with van der Waals surface area (Å²) in [7, 11) is -4.13. The zero-order chi connectivity index (χ0) is 18.0. The molecule has 1 aromatic carbocycles. The van der Waals surface area contributed by atoms with Gasteiger partial charge in [-0.15, -0.1) is 13.2 Å². The fraction of sp³-hybridized carbons (Fsp3) is 0.600. The van der Waals surface area contributed by atoms with Crippen LogP contribution in [-0.2, 0) is 10.0 Å². The molecule has 1 aliphatic heterocycles. The fourth-order valence-corrected chi connectivity index (χ4v) is 3.95. The van der Waals surface area contributed by atoms with Crippen LogP contribution in [0.5, 0.6) is 5.75 Å². The fourth-order valence-electron chi connectivity index (χ4n) is 2.77. The molecule has 1 unspecified atom stereocenters. The largest absolute Gasteiger partial charge is 0.573 e. The maximum Gasteiger partial charge on any atom is 0.573 e. The number of benzene rings is 1. The van der Waals surface area contributed by atoms with Gasteiger partial charge in [-0.2, -0.15) is 0 Å². The molecular weight excluding hydrogens is 345 g/mol. The molecule has 0 radical (unpaired) electrons. The van der Waals surface area contributed by atoms with Crippen LogP contribution in [0.3, 0.4) is 0 Å². The van der Waals surface area contributed by atoms with Gasteiger partial charge in [0.2, 0.25) is 10.0 Å². The van der Waals surface area contributed by atoms with Gasteiger partial charge in [-0.3, -0.25) is 0 Å². The number of rotatable bonds is 5. The summed E-state index contributed by atoms with van der Waals surface area (Å²) in [6.45, 7) is 4.93. The van der Waals surface area contributed by atoms with E-state index in [1.165, 1.54) is 12.1 Å². The summed E-state index contributed by atoms with van der Waals surface area (Å²) < 4.78 is 68.3. The van der Waals surface area contributed by atoms with E-state index in [2.05, 4.69) is 14.8 Å². The molecule has 2 rings (SSSR count). The third-order valence-corrected chi connectivity index (χ3v) is 5.64. The van der Waals surface area contributed by atoms with Crippen molar-refractivity contribution in [1.82, 2.24) is 10.0 Å². The molecule has 9 heteroatoms. The SMILES string of the molecule is CC1(C)CCCNC1CNS(=O)(=O)c1ccccc1OC(F)(F)F. The van der Waals surface area contributed by atoms with Gasteiger partial charge in [0.1, 0.15) is 10.6 Å². The highest BCUT2D eigenvalue weighted by molar-refractivity contribution is 7.89. The van der Waals surface area contributed by atoms with Gasteiger partial charge < -0.3 is 10.1 Å². The molecule has 24 heavy (non-hydrogen) atoms. The maximum atomic E-state index is 12.4. The standard InChI is InChI=1S/C15H21F3N2O3S/c1-14(2)8-5-9-19-13(14)10-20-24(21,22)12-7-4-3-6-11(12)23-15(16,17)18/h3-4,6-7,13,19-20H,5,8-10H2,1-2H3. The van der Waals surface area contributed by atoms with Gasteiger partial charge in [0.15, 0.2) is 0 Å². The highest BCUT2D eigenvalue weighted by Gasteiger charge is 2.35. The summed E-state index contributed by atoms with van der Waals surface area (Å²) in [5, 5.41) is 3.25. The first-order valence-electron chi connectivity index (χ1n) is 7.59. The Morgan fingerprint density at radius 1 is 1.33 bits per heavy atom. The van der Waals surface area contributed by atoms with E-state index < -0.39 is 27.0 Å². The second-order valence-electron chi connectivity index (χ2n) is 6.45. The summed E-state index contributed by atoms with van der Waals surface area (Å²) in [6.07, 6.45) is -3.02. The van der Waals surface area contributed by atoms with E-state index in [0.717, 1.165) is 31.5 Å². The van der Waals surface area contributed by atoms with E-state index in [1.54, 1.807) is 0 Å². The van der Waals surface area contributed by atoms with Crippen LogP contribution in [-0.4, -0.2) is 33.9 Å². The predicted molar refractivity (Wildman–Crippen MR) is 83.1 cm³/mol. The molecule has 1 heterocycles. The van der Waals surface area contributed by atoms with Crippen LogP contribution in [0.2, 0.25) is 0 Å². The highest BCUT2D eigenvalue weighted by atomic mass is 32.2. The lowest BCUT2D eigenvalue weighted by Crippen LogP contribution is -2.52. The second-order valence-corrected chi connectivity index (χ2v) is 8.18. The number of halogens is 3. The average Bonchev–Trinajstić information content (AvgIpc) is 2.44. The Kier molecular flexibility index (Phi) is 5.46. The van der Waals surface area contributed by atoms with Crippen molar-refractivity contribution in [3.8, 4) is 5.75 Å². The minimum absolute atomic E-state index is 0.0929. The van der Waals surface area contributed by atoms with Crippen molar-refractivity contribution < 1.29 is 26.3 Å². The molecule has 1 saturated heterocycles. The average molecular weight is 366 g/mol. The number of piperidine rings is 1. The number of para-hydroxylation sites is 1. The number of nitrogens with one attached hydrogen (secondary N) is 2. The van der Waals surface area contributed by atoms with Gasteiger partial charge >= 0.3 is 6.36 Å². The quantitative estimate of drug-likeness (QED) is 0.841. The van der Waals surface area contributed by atoms with Crippen LogP contribution in [0.1, 0.15) is 26.7 Å². The van der Waals surface area contributed by atoms with Crippen LogP contribution in [0, 0.1) is 5.41 Å². The minimum atomic E-state index is -4.96. The zero-order valence-electron chi connectivity index (χ0n) is 13.5. The Morgan fingerprint density at radius 3 is 2.62 bits per heavy atom. The molecule has 0 amide bonds. The molecule has 136 valence electrons. The third kappa shape index (κ3) is 4.84. The first-order valence-corrected chi connectivity index (χ1v) is 9.07. The van der Waals surface area contributed by atoms with Crippen molar-refractivity contribution in [3.05, 3.63) is 24.3 Å². The lowest BCUT2D eigenvalue weighted by molar-refractivity contribution is -0.275. The molecule has 5 nitrogen and oxygen atoms in total. The van der Waals surface area contributed by atoms with Gasteiger partial charge in [0.25, 0.3) is 0 Å². The van der Waals surface area contributed by atoms with Crippen LogP contribution in [0.25, 0.3) is 0 Å². The van der Waals surface area contributed by atoms with Crippen molar-refractivity contribution >= 4 is 10.0 Å². The Hall–Kier alpha value is -1.32. The summed E-state index contributed by atoms with van der Waals surface area (Å²) in [5.74, 6) is -0.742. The van der Waals surface area contributed by atoms with E-state index in [0.29, 0.717) is 0 Å². The molecule has 1 aromatic rings. The molecule has 0 saturated carbocycles. The smallest absolute Gasteiger partial charge is 0.404 e. The molecule has 1 fully saturated rings. The predicted octanol–water partition coefficient (Wildman–Crippen LogP) is 2.64. The van der Waals surface area contributed by atoms with E-state index in [4.69, 9.17) is 0 Å². The Labute approximate surface area is 139 Å². The van der Waals surface area contributed by atoms with Crippen molar-refractivity contribution in [3.63, 3.8) is 0 Å². The summed E-state index contributed by atoms with van der Waals surface area (Å²) in [5.41, 5.74) is -0.108. The normalized spacial score (nSPS) is 21.5. The van der Waals surface area contributed by atoms with E-state index in [9.17, 15) is 21.6 Å². The maximum absolute atomic E-state index is 12.4. The van der Waals surface area contributed by atoms with Gasteiger partial charge in [-0.05, 0) is 36.9 Å². The third-order valence-electron chi connectivity index (χ3n) is 4.17. The van der Waals surface area contributed by atoms with Crippen molar-refractivity contribution in [1.29, 1.82) is 0 Å². The second kappa shape index (κ2) is 6.89. The van der Waals surface area contributed by atoms with Crippen molar-refractivity contribution in [2.45, 2.75) is 44.0 Å². The number of hydrogen-bond donors (Lipinski definition) is 2. The van der Waals surface area contributed by atoms with E-state index >= 15 is 0 Å². The van der Waals surface area contributed by atoms with Gasteiger partial charge in [-0.25, -0.2) is 13.1 Å². The number of ether oxygens (including phenoxy) is 1. The zero-order valence-corrected chi connectivity index (χ0v) is 14.3. The van der Waals surface area contributed by atoms with E-state index in [1.807, 2.05) is 13.8 Å². The highest BCUT2D eigenvalue weighted by Crippen LogP contribution is 2.31. The minimum Gasteiger partial charge on any atom is -0.404 e. The summed E-state index contributed by atoms with van der Waals surface area (Å²) >= 11 is 0. The molecule has 0 bridgehead atoms. The van der Waals surface area contributed by atoms with Crippen LogP contribution < -0.4 is 14.8 Å². The Bertz CT molecular complexity index is 675. The molecule has 1 aliphatic rings. The van der Waals surface area contributed by atoms with E-state index in [-0.39, 0.29) is 18.0 Å². The molecule has 0 aliphatic carbocycles. The first kappa shape index (κ1) is 19.0. The van der Waals surface area contributed by atoms with Gasteiger partial charge in [-0.1, -0.05) is 26.0 Å². The first-order chi connectivity index (χ1) is 11.0. The topological polar surface area (TPSA) is 67.4 Å². The van der Waals surface area contributed by atoms with Crippen LogP contribution >= 0.6 is 0 Å².